The molecule has 1 atom stereocenters. The van der Waals surface area contributed by atoms with Crippen LogP contribution in [0.4, 0.5) is 4.39 Å². The number of phenolic OH excluding ortho intramolecular Hbond substituents is 1. The molecule has 0 heterocycles. The summed E-state index contributed by atoms with van der Waals surface area (Å²) in [7, 11) is 2.97. The van der Waals surface area contributed by atoms with E-state index in [1.165, 1.54) is 18.4 Å². The molecular formula is C9H10ClFN2O3S. The Bertz CT molecular complexity index is 482. The van der Waals surface area contributed by atoms with Crippen molar-refractivity contribution in [1.82, 2.24) is 9.03 Å². The monoisotopic (exact) mass is 280 g/mol. The van der Waals surface area contributed by atoms with Gasteiger partial charge in [0.1, 0.15) is 11.6 Å². The summed E-state index contributed by atoms with van der Waals surface area (Å²) in [4.78, 5) is 11.5. The van der Waals surface area contributed by atoms with Gasteiger partial charge in [0.15, 0.2) is 11.2 Å². The topological polar surface area (TPSA) is 69.6 Å². The quantitative estimate of drug-likeness (QED) is 0.870. The molecule has 0 aliphatic carbocycles. The lowest BCUT2D eigenvalue weighted by atomic mass is 10.2. The number of hydrogen-bond acceptors (Lipinski definition) is 3. The van der Waals surface area contributed by atoms with E-state index in [1.54, 1.807) is 0 Å². The molecule has 0 bridgehead atoms. The Hall–Kier alpha value is -1.18. The lowest BCUT2D eigenvalue weighted by Gasteiger charge is -2.10. The van der Waals surface area contributed by atoms with Crippen molar-refractivity contribution in [3.63, 3.8) is 0 Å². The van der Waals surface area contributed by atoms with Crippen molar-refractivity contribution in [1.29, 1.82) is 0 Å². The summed E-state index contributed by atoms with van der Waals surface area (Å²) in [6.07, 6.45) is 0. The zero-order valence-electron chi connectivity index (χ0n) is 9.03. The Morgan fingerprint density at radius 2 is 2.12 bits per heavy atom. The van der Waals surface area contributed by atoms with E-state index in [4.69, 9.17) is 16.7 Å². The molecule has 0 aromatic heterocycles. The minimum atomic E-state index is -1.76. The third-order valence-electron chi connectivity index (χ3n) is 1.79. The maximum atomic E-state index is 13.3. The molecular weight excluding hydrogens is 271 g/mol. The highest BCUT2D eigenvalue weighted by molar-refractivity contribution is 7.81. The van der Waals surface area contributed by atoms with Crippen LogP contribution in [-0.4, -0.2) is 33.6 Å². The van der Waals surface area contributed by atoms with Crippen LogP contribution >= 0.6 is 11.6 Å². The SMILES string of the molecule is CN(C)S(=O)NC(=O)c1cc(Cl)c(O)cc1F. The highest BCUT2D eigenvalue weighted by atomic mass is 35.5. The highest BCUT2D eigenvalue weighted by Crippen LogP contribution is 2.26. The molecule has 0 aliphatic heterocycles. The van der Waals surface area contributed by atoms with Crippen LogP contribution in [0.5, 0.6) is 5.75 Å². The standard InChI is InChI=1S/C9H10ClFN2O3S/c1-13(2)17(16)12-9(15)5-3-6(10)8(14)4-7(5)11/h3-4,14H,1-2H3,(H,12,15). The molecule has 2 N–H and O–H groups in total. The molecule has 0 radical (unpaired) electrons. The number of amides is 1. The summed E-state index contributed by atoms with van der Waals surface area (Å²) in [5.74, 6) is -2.29. The largest absolute Gasteiger partial charge is 0.506 e. The fourth-order valence-electron chi connectivity index (χ4n) is 0.936. The van der Waals surface area contributed by atoms with Gasteiger partial charge in [-0.25, -0.2) is 12.9 Å². The number of hydrogen-bond donors (Lipinski definition) is 2. The van der Waals surface area contributed by atoms with Crippen molar-refractivity contribution >= 4 is 28.7 Å². The fourth-order valence-corrected chi connectivity index (χ4v) is 1.55. The number of aromatic hydroxyl groups is 1. The predicted octanol–water partition coefficient (Wildman–Crippen LogP) is 1.05. The molecule has 1 unspecified atom stereocenters. The molecule has 1 amide bonds. The molecule has 0 spiro atoms. The summed E-state index contributed by atoms with van der Waals surface area (Å²) >= 11 is 3.79. The first kappa shape index (κ1) is 13.9. The summed E-state index contributed by atoms with van der Waals surface area (Å²) in [6.45, 7) is 0. The summed E-state index contributed by atoms with van der Waals surface area (Å²) < 4.78 is 27.9. The number of benzene rings is 1. The maximum absolute atomic E-state index is 13.3. The zero-order valence-corrected chi connectivity index (χ0v) is 10.6. The van der Waals surface area contributed by atoms with Crippen LogP contribution in [0.25, 0.3) is 0 Å². The minimum Gasteiger partial charge on any atom is -0.506 e. The van der Waals surface area contributed by atoms with Crippen molar-refractivity contribution in [2.75, 3.05) is 14.1 Å². The van der Waals surface area contributed by atoms with Crippen LogP contribution in [-0.2, 0) is 11.2 Å². The Balaban J connectivity index is 2.97. The molecule has 5 nitrogen and oxygen atoms in total. The Labute approximate surface area is 105 Å². The van der Waals surface area contributed by atoms with Crippen molar-refractivity contribution in [2.24, 2.45) is 0 Å². The summed E-state index contributed by atoms with van der Waals surface area (Å²) in [5.41, 5.74) is -0.386. The van der Waals surface area contributed by atoms with E-state index in [2.05, 4.69) is 4.72 Å². The second-order valence-electron chi connectivity index (χ2n) is 3.28. The van der Waals surface area contributed by atoms with Crippen LogP contribution < -0.4 is 4.72 Å². The second kappa shape index (κ2) is 5.44. The Morgan fingerprint density at radius 1 is 1.53 bits per heavy atom. The first-order valence-electron chi connectivity index (χ1n) is 4.41. The lowest BCUT2D eigenvalue weighted by Crippen LogP contribution is -2.34. The van der Waals surface area contributed by atoms with Gasteiger partial charge in [-0.15, -0.1) is 0 Å². The van der Waals surface area contributed by atoms with Gasteiger partial charge in [0.25, 0.3) is 5.91 Å². The molecule has 0 aliphatic rings. The number of carbonyl (C=O) groups excluding carboxylic acids is 1. The van der Waals surface area contributed by atoms with E-state index < -0.39 is 28.6 Å². The van der Waals surface area contributed by atoms with E-state index >= 15 is 0 Å². The van der Waals surface area contributed by atoms with Crippen molar-refractivity contribution in [2.45, 2.75) is 0 Å². The van der Waals surface area contributed by atoms with Gasteiger partial charge < -0.3 is 5.11 Å². The third-order valence-corrected chi connectivity index (χ3v) is 3.12. The predicted molar refractivity (Wildman–Crippen MR) is 62.4 cm³/mol. The van der Waals surface area contributed by atoms with E-state index in [-0.39, 0.29) is 10.6 Å². The van der Waals surface area contributed by atoms with Gasteiger partial charge in [0.2, 0.25) is 0 Å². The molecule has 0 fully saturated rings. The number of halogens is 2. The van der Waals surface area contributed by atoms with Gasteiger partial charge in [0, 0.05) is 20.2 Å². The molecule has 8 heteroatoms. The zero-order chi connectivity index (χ0) is 13.2. The van der Waals surface area contributed by atoms with Crippen molar-refractivity contribution < 1.29 is 18.5 Å². The normalized spacial score (nSPS) is 12.5. The number of phenols is 1. The van der Waals surface area contributed by atoms with Gasteiger partial charge in [-0.3, -0.25) is 9.52 Å². The lowest BCUT2D eigenvalue weighted by molar-refractivity contribution is 0.0977. The van der Waals surface area contributed by atoms with Crippen molar-refractivity contribution in [3.05, 3.63) is 28.5 Å². The highest BCUT2D eigenvalue weighted by Gasteiger charge is 2.17. The summed E-state index contributed by atoms with van der Waals surface area (Å²) in [5, 5.41) is 8.94. The van der Waals surface area contributed by atoms with E-state index in [0.29, 0.717) is 0 Å². The first-order chi connectivity index (χ1) is 7.82. The van der Waals surface area contributed by atoms with Crippen LogP contribution in [0, 0.1) is 5.82 Å². The minimum absolute atomic E-state index is 0.160. The number of rotatable bonds is 3. The van der Waals surface area contributed by atoms with Crippen LogP contribution in [0.2, 0.25) is 5.02 Å². The van der Waals surface area contributed by atoms with Gasteiger partial charge in [-0.2, -0.15) is 0 Å². The van der Waals surface area contributed by atoms with Crippen LogP contribution in [0.1, 0.15) is 10.4 Å². The average molecular weight is 281 g/mol. The van der Waals surface area contributed by atoms with E-state index in [0.717, 1.165) is 12.1 Å². The Kier molecular flexibility index (Phi) is 4.44. The van der Waals surface area contributed by atoms with Crippen LogP contribution in [0.15, 0.2) is 12.1 Å². The van der Waals surface area contributed by atoms with Gasteiger partial charge in [-0.1, -0.05) is 11.6 Å². The number of nitrogens with one attached hydrogen (secondary N) is 1. The molecule has 94 valence electrons. The van der Waals surface area contributed by atoms with E-state index in [9.17, 15) is 13.4 Å². The first-order valence-corrected chi connectivity index (χ1v) is 5.89. The fraction of sp³-hybridized carbons (Fsp3) is 0.222. The Morgan fingerprint density at radius 3 is 2.65 bits per heavy atom. The molecule has 1 aromatic rings. The smallest absolute Gasteiger partial charge is 0.266 e. The van der Waals surface area contributed by atoms with Gasteiger partial charge in [-0.05, 0) is 6.07 Å². The molecule has 0 saturated heterocycles. The average Bonchev–Trinajstić information content (AvgIpc) is 2.22. The summed E-state index contributed by atoms with van der Waals surface area (Å²) in [6, 6.07) is 1.68. The maximum Gasteiger partial charge on any atom is 0.266 e. The molecule has 1 rings (SSSR count). The van der Waals surface area contributed by atoms with E-state index in [1.807, 2.05) is 0 Å². The molecule has 1 aromatic carbocycles. The molecule has 0 saturated carbocycles. The van der Waals surface area contributed by atoms with Gasteiger partial charge in [0.05, 0.1) is 10.6 Å². The van der Waals surface area contributed by atoms with Crippen LogP contribution in [0.3, 0.4) is 0 Å². The van der Waals surface area contributed by atoms with Crippen molar-refractivity contribution in [3.8, 4) is 5.75 Å². The molecule has 17 heavy (non-hydrogen) atoms. The van der Waals surface area contributed by atoms with Gasteiger partial charge >= 0.3 is 0 Å². The third kappa shape index (κ3) is 3.39. The number of carbonyl (C=O) groups is 1. The number of nitrogens with zero attached hydrogens (tertiary/aromatic N) is 1. The second-order valence-corrected chi connectivity index (χ2v) is 5.12.